The van der Waals surface area contributed by atoms with Gasteiger partial charge in [-0.25, -0.2) is 14.6 Å². The fourth-order valence-corrected chi connectivity index (χ4v) is 4.33. The van der Waals surface area contributed by atoms with Gasteiger partial charge in [-0.15, -0.1) is 0 Å². The number of hydrogen-bond donors (Lipinski definition) is 3. The zero-order valence-corrected chi connectivity index (χ0v) is 23.3. The number of esters is 1. The summed E-state index contributed by atoms with van der Waals surface area (Å²) in [4.78, 5) is 25.1. The second-order valence-electron chi connectivity index (χ2n) is 8.90. The number of nitrogens with one attached hydrogen (secondary N) is 3. The molecule has 1 amide bonds. The average Bonchev–Trinajstić information content (AvgIpc) is 2.95. The van der Waals surface area contributed by atoms with Gasteiger partial charge in [0, 0.05) is 11.3 Å². The van der Waals surface area contributed by atoms with Gasteiger partial charge in [0.15, 0.2) is 11.7 Å². The fourth-order valence-electron chi connectivity index (χ4n) is 4.05. The van der Waals surface area contributed by atoms with Crippen LogP contribution in [-0.2, 0) is 20.9 Å². The van der Waals surface area contributed by atoms with Crippen molar-refractivity contribution in [2.45, 2.75) is 26.5 Å². The molecule has 0 saturated carbocycles. The smallest absolute Gasteiger partial charge is 0.338 e. The molecule has 0 unspecified atom stereocenters. The molecule has 0 bridgehead atoms. The van der Waals surface area contributed by atoms with Crippen LogP contribution in [0.4, 0.5) is 4.39 Å². The minimum Gasteiger partial charge on any atom is -0.489 e. The quantitative estimate of drug-likeness (QED) is 0.134. The van der Waals surface area contributed by atoms with Crippen LogP contribution in [0.5, 0.6) is 11.5 Å². The van der Waals surface area contributed by atoms with Crippen LogP contribution in [0.15, 0.2) is 89.2 Å². The minimum atomic E-state index is -0.624. The topological polar surface area (TPSA) is 110 Å². The van der Waals surface area contributed by atoms with Crippen LogP contribution < -0.4 is 25.5 Å². The molecule has 0 aliphatic carbocycles. The Hall–Kier alpha value is -4.77. The predicted octanol–water partition coefficient (Wildman–Crippen LogP) is 4.29. The Morgan fingerprint density at radius 3 is 2.61 bits per heavy atom. The SMILES string of the molecule is CCOC(=O)C1=C(C)NC(=S)N[C@@H]1c1ccccc1OCC(=O)NN=Cc1ccc(OCc2cccc(F)c2)cc1. The Kier molecular flexibility index (Phi) is 10.0. The molecule has 0 radical (unpaired) electrons. The van der Waals surface area contributed by atoms with Gasteiger partial charge in [-0.3, -0.25) is 4.79 Å². The summed E-state index contributed by atoms with van der Waals surface area (Å²) in [7, 11) is 0. The Balaban J connectivity index is 1.32. The molecule has 1 heterocycles. The molecule has 0 spiro atoms. The number of para-hydroxylation sites is 1. The fraction of sp³-hybridized carbons (Fsp3) is 0.200. The first kappa shape index (κ1) is 29.2. The van der Waals surface area contributed by atoms with Crippen molar-refractivity contribution in [3.63, 3.8) is 0 Å². The van der Waals surface area contributed by atoms with Crippen LogP contribution in [0.3, 0.4) is 0 Å². The van der Waals surface area contributed by atoms with E-state index in [4.69, 9.17) is 26.4 Å². The highest BCUT2D eigenvalue weighted by atomic mass is 32.1. The third kappa shape index (κ3) is 8.12. The molecule has 3 aromatic carbocycles. The molecule has 4 rings (SSSR count). The summed E-state index contributed by atoms with van der Waals surface area (Å²) in [5.41, 5.74) is 5.46. The number of nitrogens with zero attached hydrogens (tertiary/aromatic N) is 1. The van der Waals surface area contributed by atoms with Crippen LogP contribution in [0, 0.1) is 5.82 Å². The van der Waals surface area contributed by atoms with Crippen LogP contribution in [-0.4, -0.2) is 36.4 Å². The number of carbonyl (C=O) groups excluding carboxylic acids is 2. The molecule has 3 N–H and O–H groups in total. The van der Waals surface area contributed by atoms with E-state index >= 15 is 0 Å². The Bertz CT molecular complexity index is 1480. The Morgan fingerprint density at radius 1 is 1.07 bits per heavy atom. The van der Waals surface area contributed by atoms with Crippen molar-refractivity contribution < 1.29 is 28.2 Å². The van der Waals surface area contributed by atoms with Crippen molar-refractivity contribution >= 4 is 35.4 Å². The molecular weight excluding hydrogens is 547 g/mol. The molecule has 1 atom stereocenters. The van der Waals surface area contributed by atoms with Gasteiger partial charge in [-0.1, -0.05) is 30.3 Å². The monoisotopic (exact) mass is 576 g/mol. The maximum absolute atomic E-state index is 13.3. The molecule has 1 aliphatic heterocycles. The van der Waals surface area contributed by atoms with E-state index in [0.717, 1.165) is 11.1 Å². The summed E-state index contributed by atoms with van der Waals surface area (Å²) >= 11 is 5.30. The van der Waals surface area contributed by atoms with Crippen molar-refractivity contribution in [2.24, 2.45) is 5.10 Å². The van der Waals surface area contributed by atoms with E-state index in [1.807, 2.05) is 0 Å². The van der Waals surface area contributed by atoms with Crippen LogP contribution >= 0.6 is 12.2 Å². The standard InChI is InChI=1S/C30H29FN4O5S/c1-3-38-29(37)27-19(2)33-30(41)34-28(27)24-9-4-5-10-25(24)40-18-26(36)35-32-16-20-11-13-23(14-12-20)39-17-21-7-6-8-22(31)15-21/h4-16,28H,3,17-18H2,1-2H3,(H,35,36)(H2,33,34,41)/t28-/m1/s1. The van der Waals surface area contributed by atoms with Crippen molar-refractivity contribution in [1.82, 2.24) is 16.1 Å². The lowest BCUT2D eigenvalue weighted by Crippen LogP contribution is -2.45. The second kappa shape index (κ2) is 14.0. The third-order valence-electron chi connectivity index (χ3n) is 5.93. The molecule has 11 heteroatoms. The number of benzene rings is 3. The van der Waals surface area contributed by atoms with Gasteiger partial charge in [0.25, 0.3) is 5.91 Å². The molecule has 0 aromatic heterocycles. The van der Waals surface area contributed by atoms with Crippen LogP contribution in [0.2, 0.25) is 0 Å². The maximum atomic E-state index is 13.3. The van der Waals surface area contributed by atoms with E-state index in [0.29, 0.717) is 33.4 Å². The van der Waals surface area contributed by atoms with Gasteiger partial charge >= 0.3 is 5.97 Å². The van der Waals surface area contributed by atoms with E-state index in [1.54, 1.807) is 74.5 Å². The van der Waals surface area contributed by atoms with Crippen molar-refractivity contribution in [2.75, 3.05) is 13.2 Å². The van der Waals surface area contributed by atoms with E-state index in [1.165, 1.54) is 18.3 Å². The number of rotatable bonds is 11. The number of thiocarbonyl (C=S) groups is 1. The number of hydrazone groups is 1. The Morgan fingerprint density at radius 2 is 1.85 bits per heavy atom. The lowest BCUT2D eigenvalue weighted by molar-refractivity contribution is -0.139. The number of amides is 1. The average molecular weight is 577 g/mol. The molecule has 3 aromatic rings. The summed E-state index contributed by atoms with van der Waals surface area (Å²) < 4.78 is 30.0. The summed E-state index contributed by atoms with van der Waals surface area (Å²) in [5, 5.41) is 10.4. The van der Waals surface area contributed by atoms with Gasteiger partial charge in [0.1, 0.15) is 23.9 Å². The van der Waals surface area contributed by atoms with Gasteiger partial charge < -0.3 is 24.8 Å². The van der Waals surface area contributed by atoms with E-state index in [2.05, 4.69) is 21.2 Å². The first-order valence-corrected chi connectivity index (χ1v) is 13.2. The predicted molar refractivity (Wildman–Crippen MR) is 156 cm³/mol. The largest absolute Gasteiger partial charge is 0.489 e. The van der Waals surface area contributed by atoms with Crippen molar-refractivity contribution in [1.29, 1.82) is 0 Å². The lowest BCUT2D eigenvalue weighted by Gasteiger charge is -2.30. The number of carbonyl (C=O) groups is 2. The highest BCUT2D eigenvalue weighted by Crippen LogP contribution is 2.33. The summed E-state index contributed by atoms with van der Waals surface area (Å²) in [6, 6.07) is 19.7. The number of allylic oxidation sites excluding steroid dienone is 1. The first-order chi connectivity index (χ1) is 19.8. The molecule has 41 heavy (non-hydrogen) atoms. The number of ether oxygens (including phenoxy) is 3. The van der Waals surface area contributed by atoms with Gasteiger partial charge in [0.05, 0.1) is 24.4 Å². The van der Waals surface area contributed by atoms with Gasteiger partial charge in [0.2, 0.25) is 0 Å². The van der Waals surface area contributed by atoms with E-state index in [9.17, 15) is 14.0 Å². The van der Waals surface area contributed by atoms with Gasteiger partial charge in [-0.05, 0) is 79.7 Å². The minimum absolute atomic E-state index is 0.222. The number of halogens is 1. The molecule has 1 aliphatic rings. The zero-order chi connectivity index (χ0) is 29.2. The van der Waals surface area contributed by atoms with E-state index in [-0.39, 0.29) is 25.6 Å². The third-order valence-corrected chi connectivity index (χ3v) is 6.15. The lowest BCUT2D eigenvalue weighted by atomic mass is 9.95. The van der Waals surface area contributed by atoms with Crippen molar-refractivity contribution in [3.05, 3.63) is 107 Å². The highest BCUT2D eigenvalue weighted by Gasteiger charge is 2.32. The summed E-state index contributed by atoms with van der Waals surface area (Å²) in [5.74, 6) is -0.254. The van der Waals surface area contributed by atoms with Crippen molar-refractivity contribution in [3.8, 4) is 11.5 Å². The maximum Gasteiger partial charge on any atom is 0.338 e. The zero-order valence-electron chi connectivity index (χ0n) is 22.5. The van der Waals surface area contributed by atoms with Crippen LogP contribution in [0.25, 0.3) is 0 Å². The summed E-state index contributed by atoms with van der Waals surface area (Å²) in [6.07, 6.45) is 1.49. The highest BCUT2D eigenvalue weighted by molar-refractivity contribution is 7.80. The normalized spacial score (nSPS) is 14.7. The molecule has 212 valence electrons. The second-order valence-corrected chi connectivity index (χ2v) is 9.31. The summed E-state index contributed by atoms with van der Waals surface area (Å²) in [6.45, 7) is 3.63. The molecule has 0 saturated heterocycles. The van der Waals surface area contributed by atoms with Crippen LogP contribution in [0.1, 0.15) is 36.6 Å². The first-order valence-electron chi connectivity index (χ1n) is 12.8. The molecular formula is C30H29FN4O5S. The van der Waals surface area contributed by atoms with E-state index < -0.39 is 17.9 Å². The Labute approximate surface area is 242 Å². The molecule has 9 nitrogen and oxygen atoms in total. The van der Waals surface area contributed by atoms with Gasteiger partial charge in [-0.2, -0.15) is 5.10 Å². The molecule has 0 fully saturated rings. The number of hydrogen-bond acceptors (Lipinski definition) is 7.